The molecule has 7 heteroatoms. The zero-order valence-corrected chi connectivity index (χ0v) is 18.7. The van der Waals surface area contributed by atoms with Gasteiger partial charge in [0.1, 0.15) is 11.6 Å². The van der Waals surface area contributed by atoms with Crippen LogP contribution in [0.15, 0.2) is 39.7 Å². The van der Waals surface area contributed by atoms with Crippen LogP contribution >= 0.6 is 0 Å². The van der Waals surface area contributed by atoms with E-state index in [2.05, 4.69) is 28.8 Å². The Bertz CT molecular complexity index is 1130. The SMILES string of the molecule is CCCN(C)[C@@H]1CCN(c2ncccc2-c2nc3cc(OC)cc(CC)c3c(=O)o2)C1. The lowest BCUT2D eigenvalue weighted by molar-refractivity contribution is 0.259. The van der Waals surface area contributed by atoms with E-state index in [0.29, 0.717) is 35.0 Å². The minimum Gasteiger partial charge on any atom is -0.497 e. The van der Waals surface area contributed by atoms with Gasteiger partial charge < -0.3 is 19.0 Å². The van der Waals surface area contributed by atoms with Crippen LogP contribution in [0.3, 0.4) is 0 Å². The normalized spacial score (nSPS) is 16.4. The van der Waals surface area contributed by atoms with Crippen molar-refractivity contribution in [1.82, 2.24) is 14.9 Å². The predicted molar refractivity (Wildman–Crippen MR) is 123 cm³/mol. The molecule has 3 heterocycles. The quantitative estimate of drug-likeness (QED) is 0.574. The summed E-state index contributed by atoms with van der Waals surface area (Å²) in [6, 6.07) is 7.92. The number of fused-ring (bicyclic) bond motifs is 1. The highest BCUT2D eigenvalue weighted by atomic mass is 16.5. The Morgan fingerprint density at radius 3 is 2.90 bits per heavy atom. The lowest BCUT2D eigenvalue weighted by Gasteiger charge is -2.25. The summed E-state index contributed by atoms with van der Waals surface area (Å²) < 4.78 is 11.1. The van der Waals surface area contributed by atoms with E-state index in [1.54, 1.807) is 19.4 Å². The van der Waals surface area contributed by atoms with Crippen LogP contribution in [-0.2, 0) is 6.42 Å². The first-order valence-electron chi connectivity index (χ1n) is 11.0. The Hall–Kier alpha value is -2.93. The van der Waals surface area contributed by atoms with Gasteiger partial charge in [0.25, 0.3) is 0 Å². The first-order valence-corrected chi connectivity index (χ1v) is 11.0. The predicted octanol–water partition coefficient (Wildman–Crippen LogP) is 3.74. The molecule has 164 valence electrons. The Labute approximate surface area is 182 Å². The van der Waals surface area contributed by atoms with E-state index in [1.165, 1.54) is 0 Å². The number of ether oxygens (including phenoxy) is 1. The molecule has 0 aliphatic carbocycles. The van der Waals surface area contributed by atoms with Crippen LogP contribution in [0.2, 0.25) is 0 Å². The molecule has 0 unspecified atom stereocenters. The molecule has 3 aromatic rings. The van der Waals surface area contributed by atoms with Gasteiger partial charge in [0.15, 0.2) is 0 Å². The molecule has 0 bridgehead atoms. The van der Waals surface area contributed by atoms with Gasteiger partial charge in [0.2, 0.25) is 5.89 Å². The summed E-state index contributed by atoms with van der Waals surface area (Å²) >= 11 is 0. The van der Waals surface area contributed by atoms with Crippen molar-refractivity contribution in [3.05, 3.63) is 46.4 Å². The van der Waals surface area contributed by atoms with Crippen LogP contribution in [0.25, 0.3) is 22.4 Å². The Kier molecular flexibility index (Phi) is 6.23. The highest BCUT2D eigenvalue weighted by Crippen LogP contribution is 2.32. The summed E-state index contributed by atoms with van der Waals surface area (Å²) in [5.41, 5.74) is 1.81. The summed E-state index contributed by atoms with van der Waals surface area (Å²) in [6.07, 6.45) is 4.69. The maximum atomic E-state index is 12.9. The number of nitrogens with zero attached hydrogens (tertiary/aromatic N) is 4. The molecule has 0 amide bonds. The zero-order chi connectivity index (χ0) is 22.0. The van der Waals surface area contributed by atoms with E-state index in [0.717, 1.165) is 49.4 Å². The number of hydrogen-bond donors (Lipinski definition) is 0. The van der Waals surface area contributed by atoms with Crippen molar-refractivity contribution in [3.63, 3.8) is 0 Å². The van der Waals surface area contributed by atoms with E-state index in [4.69, 9.17) is 14.1 Å². The second-order valence-corrected chi connectivity index (χ2v) is 8.08. The highest BCUT2D eigenvalue weighted by Gasteiger charge is 2.28. The summed E-state index contributed by atoms with van der Waals surface area (Å²) in [5.74, 6) is 1.78. The largest absolute Gasteiger partial charge is 0.497 e. The van der Waals surface area contributed by atoms with E-state index in [9.17, 15) is 4.79 Å². The first-order chi connectivity index (χ1) is 15.0. The second-order valence-electron chi connectivity index (χ2n) is 8.08. The molecule has 4 rings (SSSR count). The second kappa shape index (κ2) is 9.06. The van der Waals surface area contributed by atoms with Crippen LogP contribution in [0.4, 0.5) is 5.82 Å². The summed E-state index contributed by atoms with van der Waals surface area (Å²) in [7, 11) is 3.80. The first kappa shape index (κ1) is 21.3. The smallest absolute Gasteiger partial charge is 0.347 e. The van der Waals surface area contributed by atoms with E-state index in [1.807, 2.05) is 25.1 Å². The Morgan fingerprint density at radius 1 is 1.32 bits per heavy atom. The minimum absolute atomic E-state index is 0.293. The van der Waals surface area contributed by atoms with Gasteiger partial charge in [0.05, 0.1) is 23.6 Å². The molecule has 1 saturated heterocycles. The van der Waals surface area contributed by atoms with Crippen molar-refractivity contribution in [2.75, 3.05) is 38.7 Å². The van der Waals surface area contributed by atoms with E-state index in [-0.39, 0.29) is 5.63 Å². The van der Waals surface area contributed by atoms with Gasteiger partial charge in [-0.25, -0.2) is 14.8 Å². The van der Waals surface area contributed by atoms with Gasteiger partial charge in [-0.05, 0) is 56.6 Å². The van der Waals surface area contributed by atoms with Crippen molar-refractivity contribution < 1.29 is 9.15 Å². The fourth-order valence-corrected chi connectivity index (χ4v) is 4.41. The van der Waals surface area contributed by atoms with Gasteiger partial charge in [-0.3, -0.25) is 0 Å². The summed E-state index contributed by atoms with van der Waals surface area (Å²) in [4.78, 5) is 26.9. The van der Waals surface area contributed by atoms with Gasteiger partial charge in [0, 0.05) is 31.4 Å². The van der Waals surface area contributed by atoms with E-state index < -0.39 is 0 Å². The highest BCUT2D eigenvalue weighted by molar-refractivity contribution is 5.84. The molecule has 31 heavy (non-hydrogen) atoms. The third kappa shape index (κ3) is 4.14. The lowest BCUT2D eigenvalue weighted by atomic mass is 10.1. The molecule has 7 nitrogen and oxygen atoms in total. The molecule has 0 N–H and O–H groups in total. The number of aromatic nitrogens is 2. The fourth-order valence-electron chi connectivity index (χ4n) is 4.41. The average molecular weight is 423 g/mol. The van der Waals surface area contributed by atoms with Crippen LogP contribution < -0.4 is 15.3 Å². The molecular weight excluding hydrogens is 392 g/mol. The minimum atomic E-state index is -0.378. The Morgan fingerprint density at radius 2 is 2.16 bits per heavy atom. The molecule has 1 atom stereocenters. The van der Waals surface area contributed by atoms with Gasteiger partial charge >= 0.3 is 5.63 Å². The van der Waals surface area contributed by atoms with Crippen molar-refractivity contribution in [2.24, 2.45) is 0 Å². The molecule has 1 fully saturated rings. The number of methoxy groups -OCH3 is 1. The zero-order valence-electron chi connectivity index (χ0n) is 18.7. The number of hydrogen-bond acceptors (Lipinski definition) is 7. The monoisotopic (exact) mass is 422 g/mol. The average Bonchev–Trinajstić information content (AvgIpc) is 3.28. The lowest BCUT2D eigenvalue weighted by Crippen LogP contribution is -2.35. The van der Waals surface area contributed by atoms with Crippen molar-refractivity contribution in [2.45, 2.75) is 39.2 Å². The standard InChI is InChI=1S/C24H30N4O3/c1-5-11-27(3)17-9-12-28(15-17)22-19(8-7-10-25-22)23-26-20-14-18(30-4)13-16(6-2)21(20)24(29)31-23/h7-8,10,13-14,17H,5-6,9,11-12,15H2,1-4H3/t17-/m1/s1. The van der Waals surface area contributed by atoms with Crippen molar-refractivity contribution in [3.8, 4) is 17.2 Å². The molecular formula is C24H30N4O3. The van der Waals surface area contributed by atoms with E-state index >= 15 is 0 Å². The van der Waals surface area contributed by atoms with Crippen LogP contribution in [0.1, 0.15) is 32.3 Å². The van der Waals surface area contributed by atoms with Gasteiger partial charge in [-0.15, -0.1) is 0 Å². The third-order valence-electron chi connectivity index (χ3n) is 6.08. The molecule has 0 radical (unpaired) electrons. The summed E-state index contributed by atoms with van der Waals surface area (Å²) in [5, 5.41) is 0.514. The maximum Gasteiger partial charge on any atom is 0.347 e. The van der Waals surface area contributed by atoms with Crippen molar-refractivity contribution >= 4 is 16.7 Å². The van der Waals surface area contributed by atoms with Crippen LogP contribution in [0, 0.1) is 0 Å². The van der Waals surface area contributed by atoms with Crippen molar-refractivity contribution in [1.29, 1.82) is 0 Å². The molecule has 1 aliphatic heterocycles. The topological polar surface area (TPSA) is 71.7 Å². The number of likely N-dealkylation sites (N-methyl/N-ethyl adjacent to an activating group) is 1. The van der Waals surface area contributed by atoms with Gasteiger partial charge in [-0.2, -0.15) is 0 Å². The summed E-state index contributed by atoms with van der Waals surface area (Å²) in [6.45, 7) is 7.09. The fraction of sp³-hybridized carbons (Fsp3) is 0.458. The number of benzene rings is 1. The Balaban J connectivity index is 1.75. The molecule has 1 aromatic carbocycles. The molecule has 1 aliphatic rings. The number of aryl methyl sites for hydroxylation is 1. The van der Waals surface area contributed by atoms with Crippen LogP contribution in [-0.4, -0.2) is 54.7 Å². The number of rotatable bonds is 7. The maximum absolute atomic E-state index is 12.9. The number of anilines is 1. The van der Waals surface area contributed by atoms with Crippen LogP contribution in [0.5, 0.6) is 5.75 Å². The van der Waals surface area contributed by atoms with Gasteiger partial charge in [-0.1, -0.05) is 13.8 Å². The number of pyridine rings is 1. The molecule has 2 aromatic heterocycles. The molecule has 0 spiro atoms. The third-order valence-corrected chi connectivity index (χ3v) is 6.08. The molecule has 0 saturated carbocycles.